The van der Waals surface area contributed by atoms with Gasteiger partial charge in [-0.1, -0.05) is 11.6 Å². The number of carbonyl (C=O) groups excluding carboxylic acids is 1. The number of aromatic nitrogens is 1. The third-order valence-electron chi connectivity index (χ3n) is 3.01. The number of pyridine rings is 1. The first-order valence-corrected chi connectivity index (χ1v) is 6.78. The van der Waals surface area contributed by atoms with Gasteiger partial charge in [0, 0.05) is 19.3 Å². The number of rotatable bonds is 5. The van der Waals surface area contributed by atoms with E-state index in [0.29, 0.717) is 24.5 Å². The van der Waals surface area contributed by atoms with Crippen LogP contribution in [0, 0.1) is 18.3 Å². The predicted molar refractivity (Wildman–Crippen MR) is 82.6 cm³/mol. The number of phenols is 1. The van der Waals surface area contributed by atoms with Crippen molar-refractivity contribution in [3.8, 4) is 11.8 Å². The largest absolute Gasteiger partial charge is 0.507 e. The van der Waals surface area contributed by atoms with Gasteiger partial charge in [-0.2, -0.15) is 5.26 Å². The topological polar surface area (TPSA) is 98.0 Å². The van der Waals surface area contributed by atoms with Crippen molar-refractivity contribution in [3.05, 3.63) is 53.2 Å². The molecule has 6 nitrogen and oxygen atoms in total. The Kier molecular flexibility index (Phi) is 4.94. The highest BCUT2D eigenvalue weighted by atomic mass is 16.3. The molecule has 112 valence electrons. The lowest BCUT2D eigenvalue weighted by Crippen LogP contribution is -2.29. The Labute approximate surface area is 128 Å². The van der Waals surface area contributed by atoms with Crippen LogP contribution in [-0.4, -0.2) is 29.1 Å². The third-order valence-corrected chi connectivity index (χ3v) is 3.01. The molecule has 1 heterocycles. The zero-order valence-corrected chi connectivity index (χ0v) is 12.1. The van der Waals surface area contributed by atoms with Crippen LogP contribution in [0.5, 0.6) is 5.75 Å². The van der Waals surface area contributed by atoms with Crippen LogP contribution in [0.4, 0.5) is 5.82 Å². The van der Waals surface area contributed by atoms with Gasteiger partial charge in [0.2, 0.25) is 0 Å². The van der Waals surface area contributed by atoms with E-state index in [-0.39, 0.29) is 17.2 Å². The summed E-state index contributed by atoms with van der Waals surface area (Å²) in [6.07, 6.45) is 1.48. The molecule has 0 aliphatic heterocycles. The summed E-state index contributed by atoms with van der Waals surface area (Å²) in [6.45, 7) is 2.72. The van der Waals surface area contributed by atoms with E-state index in [1.165, 1.54) is 12.3 Å². The molecule has 0 saturated carbocycles. The Hall–Kier alpha value is -3.07. The highest BCUT2D eigenvalue weighted by Crippen LogP contribution is 2.17. The van der Waals surface area contributed by atoms with Gasteiger partial charge in [-0.3, -0.25) is 4.79 Å². The Morgan fingerprint density at radius 2 is 2.14 bits per heavy atom. The quantitative estimate of drug-likeness (QED) is 0.731. The summed E-state index contributed by atoms with van der Waals surface area (Å²) in [5.41, 5.74) is 1.66. The molecule has 1 aromatic heterocycles. The summed E-state index contributed by atoms with van der Waals surface area (Å²) >= 11 is 0. The number of amides is 1. The molecule has 6 heteroatoms. The minimum Gasteiger partial charge on any atom is -0.507 e. The molecule has 0 radical (unpaired) electrons. The standard InChI is InChI=1S/C16H16N4O2/c1-11-2-4-14(21)13(8-11)16(22)19-7-6-18-15-5-3-12(9-17)10-20-15/h2-5,8,10,21H,6-7H2,1H3,(H,18,20)(H,19,22). The fourth-order valence-electron chi connectivity index (χ4n) is 1.86. The molecule has 22 heavy (non-hydrogen) atoms. The number of nitrogens with zero attached hydrogens (tertiary/aromatic N) is 2. The summed E-state index contributed by atoms with van der Waals surface area (Å²) in [7, 11) is 0. The zero-order valence-electron chi connectivity index (χ0n) is 12.1. The molecule has 0 aliphatic carbocycles. The molecule has 0 unspecified atom stereocenters. The van der Waals surface area contributed by atoms with Crippen LogP contribution in [0.1, 0.15) is 21.5 Å². The molecule has 3 N–H and O–H groups in total. The second-order valence-corrected chi connectivity index (χ2v) is 4.75. The van der Waals surface area contributed by atoms with Gasteiger partial charge < -0.3 is 15.7 Å². The molecule has 0 atom stereocenters. The first kappa shape index (κ1) is 15.3. The lowest BCUT2D eigenvalue weighted by Gasteiger charge is -2.09. The average Bonchev–Trinajstić information content (AvgIpc) is 2.54. The summed E-state index contributed by atoms with van der Waals surface area (Å²) in [4.78, 5) is 16.0. The average molecular weight is 296 g/mol. The van der Waals surface area contributed by atoms with Crippen LogP contribution in [0.3, 0.4) is 0 Å². The van der Waals surface area contributed by atoms with Gasteiger partial charge in [-0.15, -0.1) is 0 Å². The second kappa shape index (κ2) is 7.09. The van der Waals surface area contributed by atoms with Gasteiger partial charge in [0.1, 0.15) is 17.6 Å². The number of hydrogen-bond donors (Lipinski definition) is 3. The van der Waals surface area contributed by atoms with Crippen molar-refractivity contribution in [1.29, 1.82) is 5.26 Å². The van der Waals surface area contributed by atoms with Crippen LogP contribution in [0.2, 0.25) is 0 Å². The fourth-order valence-corrected chi connectivity index (χ4v) is 1.86. The van der Waals surface area contributed by atoms with E-state index in [1.54, 1.807) is 24.3 Å². The molecule has 2 rings (SSSR count). The van der Waals surface area contributed by atoms with Crippen LogP contribution in [-0.2, 0) is 0 Å². The minimum absolute atomic E-state index is 0.0372. The SMILES string of the molecule is Cc1ccc(O)c(C(=O)NCCNc2ccc(C#N)cn2)c1. The minimum atomic E-state index is -0.323. The zero-order chi connectivity index (χ0) is 15.9. The maximum Gasteiger partial charge on any atom is 0.255 e. The van der Waals surface area contributed by atoms with E-state index in [4.69, 9.17) is 5.26 Å². The van der Waals surface area contributed by atoms with Gasteiger partial charge in [0.05, 0.1) is 11.1 Å². The molecule has 0 bridgehead atoms. The van der Waals surface area contributed by atoms with Crippen molar-refractivity contribution in [2.75, 3.05) is 18.4 Å². The van der Waals surface area contributed by atoms with Crippen molar-refractivity contribution >= 4 is 11.7 Å². The summed E-state index contributed by atoms with van der Waals surface area (Å²) < 4.78 is 0. The number of benzene rings is 1. The summed E-state index contributed by atoms with van der Waals surface area (Å²) in [5, 5.41) is 24.1. The lowest BCUT2D eigenvalue weighted by molar-refractivity contribution is 0.0952. The molecule has 1 aromatic carbocycles. The number of aromatic hydroxyl groups is 1. The van der Waals surface area contributed by atoms with Gasteiger partial charge in [0.25, 0.3) is 5.91 Å². The van der Waals surface area contributed by atoms with Crippen LogP contribution >= 0.6 is 0 Å². The van der Waals surface area contributed by atoms with Crippen molar-refractivity contribution in [3.63, 3.8) is 0 Å². The van der Waals surface area contributed by atoms with E-state index in [2.05, 4.69) is 15.6 Å². The molecule has 0 spiro atoms. The molecular formula is C16H16N4O2. The van der Waals surface area contributed by atoms with Gasteiger partial charge in [-0.05, 0) is 31.2 Å². The first-order chi connectivity index (χ1) is 10.6. The Bertz CT molecular complexity index is 705. The summed E-state index contributed by atoms with van der Waals surface area (Å²) in [6, 6.07) is 10.2. The Morgan fingerprint density at radius 1 is 1.32 bits per heavy atom. The second-order valence-electron chi connectivity index (χ2n) is 4.75. The van der Waals surface area contributed by atoms with E-state index >= 15 is 0 Å². The smallest absolute Gasteiger partial charge is 0.255 e. The Morgan fingerprint density at radius 3 is 2.82 bits per heavy atom. The van der Waals surface area contributed by atoms with Gasteiger partial charge >= 0.3 is 0 Å². The number of phenolic OH excluding ortho intramolecular Hbond substituents is 1. The van der Waals surface area contributed by atoms with Crippen molar-refractivity contribution < 1.29 is 9.90 Å². The fraction of sp³-hybridized carbons (Fsp3) is 0.188. The van der Waals surface area contributed by atoms with Crippen molar-refractivity contribution in [2.45, 2.75) is 6.92 Å². The van der Waals surface area contributed by atoms with Crippen molar-refractivity contribution in [1.82, 2.24) is 10.3 Å². The predicted octanol–water partition coefficient (Wildman–Crippen LogP) is 1.81. The molecule has 1 amide bonds. The van der Waals surface area contributed by atoms with Crippen LogP contribution in [0.25, 0.3) is 0 Å². The van der Waals surface area contributed by atoms with E-state index in [0.717, 1.165) is 5.56 Å². The number of anilines is 1. The lowest BCUT2D eigenvalue weighted by atomic mass is 10.1. The third kappa shape index (κ3) is 3.96. The first-order valence-electron chi connectivity index (χ1n) is 6.78. The van der Waals surface area contributed by atoms with E-state index < -0.39 is 0 Å². The monoisotopic (exact) mass is 296 g/mol. The number of carbonyl (C=O) groups is 1. The Balaban J connectivity index is 1.82. The molecule has 0 aliphatic rings. The van der Waals surface area contributed by atoms with Gasteiger partial charge in [0.15, 0.2) is 0 Å². The maximum absolute atomic E-state index is 12.0. The van der Waals surface area contributed by atoms with E-state index in [1.807, 2.05) is 13.0 Å². The summed E-state index contributed by atoms with van der Waals surface area (Å²) in [5.74, 6) is 0.271. The molecule has 0 saturated heterocycles. The number of hydrogen-bond acceptors (Lipinski definition) is 5. The highest BCUT2D eigenvalue weighted by molar-refractivity contribution is 5.96. The van der Waals surface area contributed by atoms with Crippen molar-refractivity contribution in [2.24, 2.45) is 0 Å². The molecule has 0 fully saturated rings. The normalized spacial score (nSPS) is 9.82. The van der Waals surface area contributed by atoms with Crippen LogP contribution in [0.15, 0.2) is 36.5 Å². The number of nitrogens with one attached hydrogen (secondary N) is 2. The van der Waals surface area contributed by atoms with Crippen LogP contribution < -0.4 is 10.6 Å². The van der Waals surface area contributed by atoms with Gasteiger partial charge in [-0.25, -0.2) is 4.98 Å². The maximum atomic E-state index is 12.0. The number of aryl methyl sites for hydroxylation is 1. The molecule has 2 aromatic rings. The highest BCUT2D eigenvalue weighted by Gasteiger charge is 2.10. The van der Waals surface area contributed by atoms with E-state index in [9.17, 15) is 9.90 Å². The number of nitriles is 1. The molecular weight excluding hydrogens is 280 g/mol.